The second kappa shape index (κ2) is 6.45. The number of nitrogens with zero attached hydrogens (tertiary/aromatic N) is 1. The first-order chi connectivity index (χ1) is 9.58. The minimum absolute atomic E-state index is 0.236. The number of rotatable bonds is 3. The maximum Gasteiger partial charge on any atom is 0.308 e. The van der Waals surface area contributed by atoms with Gasteiger partial charge in [0.05, 0.1) is 11.5 Å². The Morgan fingerprint density at radius 3 is 2.65 bits per heavy atom. The van der Waals surface area contributed by atoms with Crippen molar-refractivity contribution < 1.29 is 19.1 Å². The van der Waals surface area contributed by atoms with Crippen molar-refractivity contribution in [3.05, 3.63) is 29.8 Å². The van der Waals surface area contributed by atoms with Gasteiger partial charge in [-0.05, 0) is 25.0 Å². The van der Waals surface area contributed by atoms with E-state index in [-0.39, 0.29) is 11.6 Å². The van der Waals surface area contributed by atoms with E-state index in [0.29, 0.717) is 12.8 Å². The molecule has 1 aromatic rings. The summed E-state index contributed by atoms with van der Waals surface area (Å²) in [7, 11) is 0. The van der Waals surface area contributed by atoms with Gasteiger partial charge in [0.1, 0.15) is 0 Å². The standard InChI is InChI=1S/C14H17FN2O3/c15-12-7-6-9(8-16-12)13(18)17-11-5-3-1-2-4-10(11)14(19)20/h6-8,10-11H,1-5H2,(H,17,18)(H,19,20). The van der Waals surface area contributed by atoms with Crippen LogP contribution in [0.2, 0.25) is 0 Å². The summed E-state index contributed by atoms with van der Waals surface area (Å²) in [4.78, 5) is 26.7. The highest BCUT2D eigenvalue weighted by Gasteiger charge is 2.30. The van der Waals surface area contributed by atoms with E-state index in [1.165, 1.54) is 6.07 Å². The number of carbonyl (C=O) groups is 2. The zero-order chi connectivity index (χ0) is 14.5. The van der Waals surface area contributed by atoms with Crippen LogP contribution < -0.4 is 5.32 Å². The molecule has 108 valence electrons. The molecule has 0 aliphatic heterocycles. The van der Waals surface area contributed by atoms with Gasteiger partial charge >= 0.3 is 5.97 Å². The molecular formula is C14H17FN2O3. The topological polar surface area (TPSA) is 79.3 Å². The average Bonchev–Trinajstić information content (AvgIpc) is 2.65. The Hall–Kier alpha value is -1.98. The molecule has 0 bridgehead atoms. The number of aliphatic carboxylic acids is 1. The first kappa shape index (κ1) is 14.4. The first-order valence-electron chi connectivity index (χ1n) is 6.73. The van der Waals surface area contributed by atoms with Gasteiger partial charge in [-0.15, -0.1) is 0 Å². The van der Waals surface area contributed by atoms with Crippen LogP contribution in [0.3, 0.4) is 0 Å². The maximum atomic E-state index is 12.7. The number of nitrogens with one attached hydrogen (secondary N) is 1. The summed E-state index contributed by atoms with van der Waals surface area (Å²) in [5.74, 6) is -2.50. The molecule has 1 saturated carbocycles. The first-order valence-corrected chi connectivity index (χ1v) is 6.73. The van der Waals surface area contributed by atoms with Crippen LogP contribution in [0.15, 0.2) is 18.3 Å². The number of carboxylic acids is 1. The van der Waals surface area contributed by atoms with Gasteiger partial charge in [-0.1, -0.05) is 19.3 Å². The number of amides is 1. The van der Waals surface area contributed by atoms with E-state index < -0.39 is 23.7 Å². The van der Waals surface area contributed by atoms with E-state index in [1.807, 2.05) is 0 Å². The molecule has 1 heterocycles. The molecule has 0 spiro atoms. The van der Waals surface area contributed by atoms with Crippen molar-refractivity contribution in [2.45, 2.75) is 38.1 Å². The molecule has 1 aliphatic rings. The van der Waals surface area contributed by atoms with E-state index in [9.17, 15) is 19.1 Å². The fraction of sp³-hybridized carbons (Fsp3) is 0.500. The van der Waals surface area contributed by atoms with Gasteiger partial charge in [0, 0.05) is 12.2 Å². The Balaban J connectivity index is 2.07. The van der Waals surface area contributed by atoms with E-state index in [4.69, 9.17) is 0 Å². The molecule has 2 unspecified atom stereocenters. The van der Waals surface area contributed by atoms with Crippen LogP contribution in [0, 0.1) is 11.9 Å². The fourth-order valence-electron chi connectivity index (χ4n) is 2.54. The lowest BCUT2D eigenvalue weighted by Gasteiger charge is -2.22. The number of carbonyl (C=O) groups excluding carboxylic acids is 1. The van der Waals surface area contributed by atoms with E-state index in [0.717, 1.165) is 31.5 Å². The third-order valence-electron chi connectivity index (χ3n) is 3.64. The highest BCUT2D eigenvalue weighted by atomic mass is 19.1. The van der Waals surface area contributed by atoms with Crippen LogP contribution >= 0.6 is 0 Å². The monoisotopic (exact) mass is 280 g/mol. The predicted molar refractivity (Wildman–Crippen MR) is 69.7 cm³/mol. The molecule has 0 saturated heterocycles. The van der Waals surface area contributed by atoms with E-state index in [1.54, 1.807) is 0 Å². The molecule has 2 rings (SSSR count). The van der Waals surface area contributed by atoms with Gasteiger partial charge in [0.2, 0.25) is 5.95 Å². The molecule has 20 heavy (non-hydrogen) atoms. The van der Waals surface area contributed by atoms with E-state index in [2.05, 4.69) is 10.3 Å². The van der Waals surface area contributed by atoms with Crippen LogP contribution in [0.5, 0.6) is 0 Å². The molecule has 1 aromatic heterocycles. The number of hydrogen-bond donors (Lipinski definition) is 2. The van der Waals surface area contributed by atoms with Crippen molar-refractivity contribution in [1.29, 1.82) is 0 Å². The molecule has 1 aliphatic carbocycles. The summed E-state index contributed by atoms with van der Waals surface area (Å²) in [6.07, 6.45) is 5.11. The van der Waals surface area contributed by atoms with Gasteiger partial charge in [-0.3, -0.25) is 9.59 Å². The van der Waals surface area contributed by atoms with Crippen molar-refractivity contribution in [1.82, 2.24) is 10.3 Å². The molecule has 0 aromatic carbocycles. The van der Waals surface area contributed by atoms with Crippen LogP contribution in [0.25, 0.3) is 0 Å². The second-order valence-corrected chi connectivity index (χ2v) is 5.03. The molecule has 6 heteroatoms. The van der Waals surface area contributed by atoms with Crippen molar-refractivity contribution in [2.24, 2.45) is 5.92 Å². The zero-order valence-electron chi connectivity index (χ0n) is 11.0. The largest absolute Gasteiger partial charge is 0.481 e. The number of carboxylic acid groups (broad SMARTS) is 1. The Bertz CT molecular complexity index is 490. The third kappa shape index (κ3) is 3.53. The SMILES string of the molecule is O=C(NC1CCCCCC1C(=O)O)c1ccc(F)nc1. The molecule has 2 atom stereocenters. The highest BCUT2D eigenvalue weighted by Crippen LogP contribution is 2.24. The highest BCUT2D eigenvalue weighted by molar-refractivity contribution is 5.94. The average molecular weight is 280 g/mol. The molecule has 0 radical (unpaired) electrons. The van der Waals surface area contributed by atoms with Crippen LogP contribution in [0.1, 0.15) is 42.5 Å². The minimum Gasteiger partial charge on any atom is -0.481 e. The predicted octanol–water partition coefficient (Wildman–Crippen LogP) is 1.98. The molecule has 2 N–H and O–H groups in total. The summed E-state index contributed by atoms with van der Waals surface area (Å²) in [5, 5.41) is 12.0. The summed E-state index contributed by atoms with van der Waals surface area (Å²) >= 11 is 0. The Labute approximate surface area is 116 Å². The number of pyridine rings is 1. The molecule has 5 nitrogen and oxygen atoms in total. The quantitative estimate of drug-likeness (QED) is 0.655. The Morgan fingerprint density at radius 1 is 1.25 bits per heavy atom. The lowest BCUT2D eigenvalue weighted by Crippen LogP contribution is -2.42. The zero-order valence-corrected chi connectivity index (χ0v) is 11.0. The molecule has 1 fully saturated rings. The maximum absolute atomic E-state index is 12.7. The minimum atomic E-state index is -0.880. The van der Waals surface area contributed by atoms with Gasteiger partial charge in [0.15, 0.2) is 0 Å². The molecular weight excluding hydrogens is 263 g/mol. The lowest BCUT2D eigenvalue weighted by molar-refractivity contribution is -0.142. The van der Waals surface area contributed by atoms with Gasteiger partial charge in [0.25, 0.3) is 5.91 Å². The Morgan fingerprint density at radius 2 is 2.00 bits per heavy atom. The van der Waals surface area contributed by atoms with Crippen molar-refractivity contribution in [3.63, 3.8) is 0 Å². The number of halogens is 1. The summed E-state index contributed by atoms with van der Waals surface area (Å²) in [5.41, 5.74) is 0.236. The Kier molecular flexibility index (Phi) is 4.65. The number of aromatic nitrogens is 1. The van der Waals surface area contributed by atoms with Crippen LogP contribution in [0.4, 0.5) is 4.39 Å². The summed E-state index contributed by atoms with van der Waals surface area (Å²) < 4.78 is 12.7. The van der Waals surface area contributed by atoms with Crippen molar-refractivity contribution >= 4 is 11.9 Å². The van der Waals surface area contributed by atoms with Crippen molar-refractivity contribution in [2.75, 3.05) is 0 Å². The second-order valence-electron chi connectivity index (χ2n) is 5.03. The molecule has 1 amide bonds. The van der Waals surface area contributed by atoms with Gasteiger partial charge < -0.3 is 10.4 Å². The summed E-state index contributed by atoms with van der Waals surface area (Å²) in [6.45, 7) is 0. The number of hydrogen-bond acceptors (Lipinski definition) is 3. The van der Waals surface area contributed by atoms with Crippen LogP contribution in [-0.2, 0) is 4.79 Å². The van der Waals surface area contributed by atoms with Gasteiger partial charge in [-0.25, -0.2) is 4.98 Å². The van der Waals surface area contributed by atoms with Crippen LogP contribution in [-0.4, -0.2) is 28.0 Å². The fourth-order valence-corrected chi connectivity index (χ4v) is 2.54. The van der Waals surface area contributed by atoms with E-state index >= 15 is 0 Å². The van der Waals surface area contributed by atoms with Gasteiger partial charge in [-0.2, -0.15) is 4.39 Å². The normalized spacial score (nSPS) is 22.9. The third-order valence-corrected chi connectivity index (χ3v) is 3.64. The lowest BCUT2D eigenvalue weighted by atomic mass is 9.94. The smallest absolute Gasteiger partial charge is 0.308 e. The summed E-state index contributed by atoms with van der Waals surface area (Å²) in [6, 6.07) is 2.06. The van der Waals surface area contributed by atoms with Crippen molar-refractivity contribution in [3.8, 4) is 0 Å².